The van der Waals surface area contributed by atoms with Gasteiger partial charge in [-0.15, -0.1) is 0 Å². The maximum Gasteiger partial charge on any atom is 0.259 e. The van der Waals surface area contributed by atoms with Crippen LogP contribution in [0.3, 0.4) is 0 Å². The summed E-state index contributed by atoms with van der Waals surface area (Å²) >= 11 is 5.73. The number of benzene rings is 1. The Morgan fingerprint density at radius 1 is 1.15 bits per heavy atom. The first kappa shape index (κ1) is 12.3. The van der Waals surface area contributed by atoms with Gasteiger partial charge in [-0.3, -0.25) is 0 Å². The van der Waals surface area contributed by atoms with Crippen LogP contribution >= 0.6 is 11.6 Å². The molecule has 0 bridgehead atoms. The molecule has 0 N–H and O–H groups in total. The van der Waals surface area contributed by atoms with Crippen LogP contribution in [-0.2, 0) is 0 Å². The van der Waals surface area contributed by atoms with E-state index in [1.54, 1.807) is 36.5 Å². The second-order valence-electron chi connectivity index (χ2n) is 3.95. The molecule has 1 aromatic carbocycles. The lowest BCUT2D eigenvalue weighted by Gasteiger charge is -1.94. The molecule has 0 saturated carbocycles. The number of hydrogen-bond acceptors (Lipinski definition) is 4. The predicted molar refractivity (Wildman–Crippen MR) is 74.2 cm³/mol. The zero-order valence-electron chi connectivity index (χ0n) is 10.1. The fourth-order valence-corrected chi connectivity index (χ4v) is 1.79. The maximum atomic E-state index is 7.00. The molecule has 0 spiro atoms. The van der Waals surface area contributed by atoms with Crippen LogP contribution in [0.25, 0.3) is 27.7 Å². The first-order valence-electron chi connectivity index (χ1n) is 5.70. The average Bonchev–Trinajstić information content (AvgIpc) is 2.98. The van der Waals surface area contributed by atoms with Gasteiger partial charge >= 0.3 is 0 Å². The summed E-state index contributed by atoms with van der Waals surface area (Å²) in [4.78, 5) is 11.6. The van der Waals surface area contributed by atoms with Crippen LogP contribution < -0.4 is 0 Å². The normalized spacial score (nSPS) is 10.2. The third-order valence-electron chi connectivity index (χ3n) is 2.63. The average molecular weight is 283 g/mol. The van der Waals surface area contributed by atoms with Gasteiger partial charge < -0.3 is 4.52 Å². The number of aromatic nitrogens is 3. The van der Waals surface area contributed by atoms with Gasteiger partial charge in [-0.1, -0.05) is 35.0 Å². The summed E-state index contributed by atoms with van der Waals surface area (Å²) in [5.74, 6) is 0.790. The van der Waals surface area contributed by atoms with Crippen molar-refractivity contribution in [1.29, 1.82) is 0 Å². The summed E-state index contributed by atoms with van der Waals surface area (Å²) in [5, 5.41) is 4.31. The van der Waals surface area contributed by atoms with E-state index in [0.717, 1.165) is 5.56 Å². The van der Waals surface area contributed by atoms with E-state index < -0.39 is 0 Å². The third kappa shape index (κ3) is 2.37. The van der Waals surface area contributed by atoms with Crippen LogP contribution in [0.2, 0.25) is 5.15 Å². The highest BCUT2D eigenvalue weighted by Gasteiger charge is 2.11. The molecule has 0 fully saturated rings. The van der Waals surface area contributed by atoms with Crippen molar-refractivity contribution in [3.63, 3.8) is 0 Å². The molecule has 0 radical (unpaired) electrons. The van der Waals surface area contributed by atoms with Crippen LogP contribution in [0.5, 0.6) is 0 Å². The summed E-state index contributed by atoms with van der Waals surface area (Å²) < 4.78 is 5.20. The molecule has 0 aliphatic heterocycles. The van der Waals surface area contributed by atoms with Gasteiger partial charge in [0.15, 0.2) is 5.69 Å². The Bertz CT molecular complexity index is 789. The molecule has 2 aromatic heterocycles. The first-order chi connectivity index (χ1) is 9.76. The van der Waals surface area contributed by atoms with E-state index in [4.69, 9.17) is 22.7 Å². The van der Waals surface area contributed by atoms with E-state index in [-0.39, 0.29) is 0 Å². The quantitative estimate of drug-likeness (QED) is 0.526. The van der Waals surface area contributed by atoms with E-state index in [9.17, 15) is 0 Å². The maximum absolute atomic E-state index is 7.00. The van der Waals surface area contributed by atoms with Crippen molar-refractivity contribution < 1.29 is 4.52 Å². The molecule has 3 rings (SSSR count). The number of halogens is 1. The number of nitrogens with zero attached hydrogens (tertiary/aromatic N) is 4. The molecule has 0 amide bonds. The van der Waals surface area contributed by atoms with Crippen LogP contribution in [0, 0.1) is 6.57 Å². The number of hydrogen-bond donors (Lipinski definition) is 0. The fourth-order valence-electron chi connectivity index (χ4n) is 1.67. The van der Waals surface area contributed by atoms with Crippen molar-refractivity contribution in [3.05, 3.63) is 59.2 Å². The molecule has 0 aliphatic rings. The van der Waals surface area contributed by atoms with Crippen molar-refractivity contribution in [2.24, 2.45) is 0 Å². The molecule has 2 heterocycles. The van der Waals surface area contributed by atoms with Gasteiger partial charge in [-0.05, 0) is 18.2 Å². The molecule has 96 valence electrons. The Labute approximate surface area is 119 Å². The smallest absolute Gasteiger partial charge is 0.259 e. The van der Waals surface area contributed by atoms with Gasteiger partial charge in [0.1, 0.15) is 5.15 Å². The third-order valence-corrected chi connectivity index (χ3v) is 2.86. The van der Waals surface area contributed by atoms with Gasteiger partial charge in [0.05, 0.1) is 12.1 Å². The Hall–Kier alpha value is -2.71. The van der Waals surface area contributed by atoms with Crippen LogP contribution in [-0.4, -0.2) is 15.1 Å². The molecular weight excluding hydrogens is 276 g/mol. The highest BCUT2D eigenvalue weighted by Crippen LogP contribution is 2.25. The molecular formula is C14H7ClN4O. The predicted octanol–water partition coefficient (Wildman–Crippen LogP) is 4.00. The Balaban J connectivity index is 1.97. The highest BCUT2D eigenvalue weighted by atomic mass is 35.5. The van der Waals surface area contributed by atoms with Crippen LogP contribution in [0.15, 0.2) is 47.1 Å². The second-order valence-corrected chi connectivity index (χ2v) is 4.34. The van der Waals surface area contributed by atoms with Crippen molar-refractivity contribution in [2.75, 3.05) is 0 Å². The molecule has 0 aliphatic carbocycles. The highest BCUT2D eigenvalue weighted by molar-refractivity contribution is 6.29. The van der Waals surface area contributed by atoms with E-state index in [1.807, 2.05) is 6.07 Å². The summed E-state index contributed by atoms with van der Waals surface area (Å²) in [7, 11) is 0. The topological polar surface area (TPSA) is 56.2 Å². The zero-order valence-corrected chi connectivity index (χ0v) is 10.9. The minimum absolute atomic E-state index is 0.359. The number of pyridine rings is 1. The molecule has 0 saturated heterocycles. The fraction of sp³-hybridized carbons (Fsp3) is 0. The molecule has 5 nitrogen and oxygen atoms in total. The lowest BCUT2D eigenvalue weighted by atomic mass is 10.2. The number of rotatable bonds is 2. The van der Waals surface area contributed by atoms with Gasteiger partial charge in [0.2, 0.25) is 5.82 Å². The van der Waals surface area contributed by atoms with Gasteiger partial charge in [-0.2, -0.15) is 4.98 Å². The minimum atomic E-state index is 0.359. The lowest BCUT2D eigenvalue weighted by Crippen LogP contribution is -1.82. The molecule has 6 heteroatoms. The standard InChI is InChI=1S/C14H7ClN4O/c1-16-11-4-2-3-9(7-11)13-18-14(20-19-13)10-5-6-12(15)17-8-10/h2-8H. The Morgan fingerprint density at radius 2 is 2.05 bits per heavy atom. The molecule has 0 unspecified atom stereocenters. The van der Waals surface area contributed by atoms with Gasteiger partial charge in [0, 0.05) is 11.8 Å². The molecule has 3 aromatic rings. The largest absolute Gasteiger partial charge is 0.334 e. The second kappa shape index (κ2) is 5.11. The lowest BCUT2D eigenvalue weighted by molar-refractivity contribution is 0.432. The van der Waals surface area contributed by atoms with E-state index in [2.05, 4.69) is 20.0 Å². The SMILES string of the molecule is [C-]#[N+]c1cccc(-c2noc(-c3ccc(Cl)nc3)n2)c1. The van der Waals surface area contributed by atoms with Crippen molar-refractivity contribution >= 4 is 17.3 Å². The van der Waals surface area contributed by atoms with E-state index in [1.165, 1.54) is 0 Å². The summed E-state index contributed by atoms with van der Waals surface area (Å²) in [6, 6.07) is 10.4. The summed E-state index contributed by atoms with van der Waals surface area (Å²) in [5.41, 5.74) is 1.95. The minimum Gasteiger partial charge on any atom is -0.334 e. The van der Waals surface area contributed by atoms with E-state index >= 15 is 0 Å². The van der Waals surface area contributed by atoms with Crippen molar-refractivity contribution in [3.8, 4) is 22.8 Å². The summed E-state index contributed by atoms with van der Waals surface area (Å²) in [6.45, 7) is 7.00. The van der Waals surface area contributed by atoms with Crippen molar-refractivity contribution in [2.45, 2.75) is 0 Å². The van der Waals surface area contributed by atoms with E-state index in [0.29, 0.717) is 28.1 Å². The van der Waals surface area contributed by atoms with Gasteiger partial charge in [0.25, 0.3) is 5.89 Å². The molecule has 20 heavy (non-hydrogen) atoms. The van der Waals surface area contributed by atoms with Crippen LogP contribution in [0.4, 0.5) is 5.69 Å². The Kier molecular flexibility index (Phi) is 3.15. The van der Waals surface area contributed by atoms with Gasteiger partial charge in [-0.25, -0.2) is 9.83 Å². The van der Waals surface area contributed by atoms with Crippen LogP contribution in [0.1, 0.15) is 0 Å². The first-order valence-corrected chi connectivity index (χ1v) is 6.07. The monoisotopic (exact) mass is 282 g/mol. The zero-order chi connectivity index (χ0) is 13.9. The summed E-state index contributed by atoms with van der Waals surface area (Å²) in [6.07, 6.45) is 1.56. The Morgan fingerprint density at radius 3 is 2.80 bits per heavy atom. The van der Waals surface area contributed by atoms with Crippen molar-refractivity contribution in [1.82, 2.24) is 15.1 Å². The molecule has 0 atom stereocenters.